The Labute approximate surface area is 112 Å². The van der Waals surface area contributed by atoms with Crippen LogP contribution in [0.25, 0.3) is 0 Å². The van der Waals surface area contributed by atoms with Gasteiger partial charge in [-0.25, -0.2) is 4.98 Å². The van der Waals surface area contributed by atoms with Crippen molar-refractivity contribution in [2.75, 3.05) is 39.2 Å². The number of amides is 1. The van der Waals surface area contributed by atoms with Crippen molar-refractivity contribution in [3.63, 3.8) is 0 Å². The first-order valence-electron chi connectivity index (χ1n) is 5.31. The summed E-state index contributed by atoms with van der Waals surface area (Å²) in [5.41, 5.74) is 5.78. The van der Waals surface area contributed by atoms with Crippen molar-refractivity contribution in [1.29, 1.82) is 0 Å². The summed E-state index contributed by atoms with van der Waals surface area (Å²) in [4.78, 5) is 15.5. The molecule has 0 aliphatic carbocycles. The number of halogens is 1. The predicted molar refractivity (Wildman–Crippen MR) is 70.9 cm³/mol. The summed E-state index contributed by atoms with van der Waals surface area (Å²) >= 11 is 0. The molecule has 0 unspecified atom stereocenters. The largest absolute Gasteiger partial charge is 0.384 e. The molecule has 1 aromatic heterocycles. The number of nitrogens with zero attached hydrogens (tertiary/aromatic N) is 1. The van der Waals surface area contributed by atoms with E-state index in [0.29, 0.717) is 37.9 Å². The molecule has 3 N–H and O–H groups in total. The van der Waals surface area contributed by atoms with Crippen molar-refractivity contribution in [2.45, 2.75) is 0 Å². The van der Waals surface area contributed by atoms with Crippen LogP contribution in [0.1, 0.15) is 10.5 Å². The predicted octanol–water partition coefficient (Wildman–Crippen LogP) is 0.478. The minimum atomic E-state index is -0.257. The van der Waals surface area contributed by atoms with Gasteiger partial charge in [0, 0.05) is 13.7 Å². The Morgan fingerprint density at radius 3 is 2.83 bits per heavy atom. The smallest absolute Gasteiger partial charge is 0.270 e. The highest BCUT2D eigenvalue weighted by Gasteiger charge is 2.05. The Morgan fingerprint density at radius 1 is 1.39 bits per heavy atom. The van der Waals surface area contributed by atoms with Crippen molar-refractivity contribution in [3.8, 4) is 0 Å². The number of carbonyl (C=O) groups is 1. The number of nitrogens with two attached hydrogens (primary N) is 1. The van der Waals surface area contributed by atoms with Crippen LogP contribution < -0.4 is 11.1 Å². The number of nitrogen functional groups attached to an aromatic ring is 1. The topological polar surface area (TPSA) is 86.5 Å². The van der Waals surface area contributed by atoms with E-state index in [1.807, 2.05) is 0 Å². The summed E-state index contributed by atoms with van der Waals surface area (Å²) in [5.74, 6) is 0.0710. The van der Waals surface area contributed by atoms with Crippen molar-refractivity contribution < 1.29 is 14.3 Å². The summed E-state index contributed by atoms with van der Waals surface area (Å²) in [7, 11) is 1.61. The molecule has 1 rings (SSSR count). The zero-order valence-electron chi connectivity index (χ0n) is 10.2. The average Bonchev–Trinajstić information content (AvgIpc) is 2.33. The second kappa shape index (κ2) is 9.64. The maximum atomic E-state index is 11.6. The number of aromatic nitrogens is 1. The number of anilines is 1. The fourth-order valence-corrected chi connectivity index (χ4v) is 1.15. The number of hydrogen-bond acceptors (Lipinski definition) is 5. The third-order valence-corrected chi connectivity index (χ3v) is 1.97. The van der Waals surface area contributed by atoms with E-state index in [1.54, 1.807) is 25.3 Å². The Morgan fingerprint density at radius 2 is 2.17 bits per heavy atom. The van der Waals surface area contributed by atoms with E-state index in [0.717, 1.165) is 0 Å². The molecule has 18 heavy (non-hydrogen) atoms. The van der Waals surface area contributed by atoms with Crippen LogP contribution >= 0.6 is 12.4 Å². The van der Waals surface area contributed by atoms with Crippen LogP contribution in [0.2, 0.25) is 0 Å². The van der Waals surface area contributed by atoms with Crippen LogP contribution in [0.5, 0.6) is 0 Å². The molecule has 1 heterocycles. The number of nitrogens with one attached hydrogen (secondary N) is 1. The molecule has 0 aliphatic rings. The molecule has 1 aromatic rings. The first-order chi connectivity index (χ1) is 8.24. The molecule has 0 saturated heterocycles. The first-order valence-corrected chi connectivity index (χ1v) is 5.31. The number of methoxy groups -OCH3 is 1. The van der Waals surface area contributed by atoms with E-state index in [9.17, 15) is 4.79 Å². The van der Waals surface area contributed by atoms with Gasteiger partial charge in [0.25, 0.3) is 5.91 Å². The molecule has 1 amide bonds. The van der Waals surface area contributed by atoms with Crippen molar-refractivity contribution >= 4 is 24.1 Å². The summed E-state index contributed by atoms with van der Waals surface area (Å²) in [6, 6.07) is 4.93. The van der Waals surface area contributed by atoms with Gasteiger partial charge in [-0.2, -0.15) is 0 Å². The van der Waals surface area contributed by atoms with Crippen LogP contribution in [0, 0.1) is 0 Å². The molecule has 0 spiro atoms. The lowest BCUT2D eigenvalue weighted by atomic mass is 10.3. The minimum absolute atomic E-state index is 0. The molecular formula is C11H18ClN3O3. The second-order valence-electron chi connectivity index (χ2n) is 3.31. The molecule has 0 aliphatic heterocycles. The van der Waals surface area contributed by atoms with Crippen LogP contribution in [-0.4, -0.2) is 44.4 Å². The van der Waals surface area contributed by atoms with E-state index < -0.39 is 0 Å². The lowest BCUT2D eigenvalue weighted by Gasteiger charge is -2.06. The molecule has 7 heteroatoms. The lowest BCUT2D eigenvalue weighted by Crippen LogP contribution is -2.28. The fourth-order valence-electron chi connectivity index (χ4n) is 1.15. The number of rotatable bonds is 7. The van der Waals surface area contributed by atoms with Gasteiger partial charge in [-0.05, 0) is 12.1 Å². The molecule has 0 radical (unpaired) electrons. The van der Waals surface area contributed by atoms with E-state index in [4.69, 9.17) is 15.2 Å². The van der Waals surface area contributed by atoms with Gasteiger partial charge in [-0.3, -0.25) is 4.79 Å². The van der Waals surface area contributed by atoms with Gasteiger partial charge in [0.2, 0.25) is 0 Å². The van der Waals surface area contributed by atoms with Crippen LogP contribution in [0.3, 0.4) is 0 Å². The van der Waals surface area contributed by atoms with Gasteiger partial charge in [0.05, 0.1) is 19.8 Å². The fraction of sp³-hybridized carbons (Fsp3) is 0.455. The summed E-state index contributed by atoms with van der Waals surface area (Å²) in [6.07, 6.45) is 0. The Balaban J connectivity index is 0.00000289. The number of ether oxygens (including phenoxy) is 2. The third kappa shape index (κ3) is 6.39. The van der Waals surface area contributed by atoms with Crippen molar-refractivity contribution in [1.82, 2.24) is 10.3 Å². The standard InChI is InChI=1S/C11H17N3O3.ClH/c1-16-7-8-17-6-5-13-11(15)9-3-2-4-10(12)14-9;/h2-4H,5-8H2,1H3,(H2,12,14)(H,13,15);1H. The Bertz CT molecular complexity index is 363. The van der Waals surface area contributed by atoms with Gasteiger partial charge in [-0.1, -0.05) is 6.07 Å². The van der Waals surface area contributed by atoms with Crippen LogP contribution in [0.15, 0.2) is 18.2 Å². The first kappa shape index (κ1) is 16.6. The number of carbonyl (C=O) groups excluding carboxylic acids is 1. The molecule has 102 valence electrons. The summed E-state index contributed by atoms with van der Waals surface area (Å²) in [5, 5.41) is 2.68. The SMILES string of the molecule is COCCOCCNC(=O)c1cccc(N)n1.Cl. The molecule has 0 saturated carbocycles. The third-order valence-electron chi connectivity index (χ3n) is 1.97. The lowest BCUT2D eigenvalue weighted by molar-refractivity contribution is 0.0692. The molecule has 0 fully saturated rings. The highest BCUT2D eigenvalue weighted by Crippen LogP contribution is 1.99. The quantitative estimate of drug-likeness (QED) is 0.707. The van der Waals surface area contributed by atoms with Gasteiger partial charge in [0.1, 0.15) is 11.5 Å². The number of hydrogen-bond donors (Lipinski definition) is 2. The van der Waals surface area contributed by atoms with Gasteiger partial charge in [-0.15, -0.1) is 12.4 Å². The molecule has 0 aromatic carbocycles. The van der Waals surface area contributed by atoms with Gasteiger partial charge >= 0.3 is 0 Å². The maximum absolute atomic E-state index is 11.6. The average molecular weight is 276 g/mol. The van der Waals surface area contributed by atoms with Crippen LogP contribution in [-0.2, 0) is 9.47 Å². The van der Waals surface area contributed by atoms with Crippen molar-refractivity contribution in [2.24, 2.45) is 0 Å². The highest BCUT2D eigenvalue weighted by atomic mass is 35.5. The minimum Gasteiger partial charge on any atom is -0.384 e. The second-order valence-corrected chi connectivity index (χ2v) is 3.31. The molecule has 0 atom stereocenters. The van der Waals surface area contributed by atoms with E-state index in [2.05, 4.69) is 10.3 Å². The Hall–Kier alpha value is -1.37. The molecule has 0 bridgehead atoms. The Kier molecular flexibility index (Phi) is 8.91. The molecular weight excluding hydrogens is 258 g/mol. The van der Waals surface area contributed by atoms with E-state index >= 15 is 0 Å². The summed E-state index contributed by atoms with van der Waals surface area (Å²) in [6.45, 7) is 1.93. The highest BCUT2D eigenvalue weighted by molar-refractivity contribution is 5.92. The number of pyridine rings is 1. The van der Waals surface area contributed by atoms with Crippen molar-refractivity contribution in [3.05, 3.63) is 23.9 Å². The summed E-state index contributed by atoms with van der Waals surface area (Å²) < 4.78 is 10.0. The van der Waals surface area contributed by atoms with Gasteiger partial charge < -0.3 is 20.5 Å². The van der Waals surface area contributed by atoms with Crippen LogP contribution in [0.4, 0.5) is 5.82 Å². The maximum Gasteiger partial charge on any atom is 0.270 e. The molecule has 6 nitrogen and oxygen atoms in total. The zero-order chi connectivity index (χ0) is 12.5. The normalized spacial score (nSPS) is 9.61. The zero-order valence-corrected chi connectivity index (χ0v) is 11.0. The van der Waals surface area contributed by atoms with E-state index in [1.165, 1.54) is 0 Å². The monoisotopic (exact) mass is 275 g/mol. The van der Waals surface area contributed by atoms with E-state index in [-0.39, 0.29) is 18.3 Å². The van der Waals surface area contributed by atoms with Gasteiger partial charge in [0.15, 0.2) is 0 Å².